The molecule has 1 amide bonds. The van der Waals surface area contributed by atoms with E-state index < -0.39 is 0 Å². The van der Waals surface area contributed by atoms with E-state index in [0.29, 0.717) is 30.8 Å². The van der Waals surface area contributed by atoms with Crippen LogP contribution in [0.5, 0.6) is 5.75 Å². The molecular weight excluding hydrogens is 314 g/mol. The van der Waals surface area contributed by atoms with Crippen molar-refractivity contribution >= 4 is 11.7 Å². The molecule has 0 N–H and O–H groups in total. The molecule has 0 aliphatic rings. The first-order chi connectivity index (χ1) is 12.0. The van der Waals surface area contributed by atoms with E-state index in [2.05, 4.69) is 6.58 Å². The second-order valence-corrected chi connectivity index (χ2v) is 5.70. The Morgan fingerprint density at radius 1 is 1.12 bits per heavy atom. The third-order valence-corrected chi connectivity index (χ3v) is 3.85. The molecule has 0 aliphatic carbocycles. The van der Waals surface area contributed by atoms with Gasteiger partial charge in [0.1, 0.15) is 12.4 Å². The van der Waals surface area contributed by atoms with Crippen LogP contribution < -0.4 is 4.74 Å². The molecule has 4 nitrogen and oxygen atoms in total. The fourth-order valence-corrected chi connectivity index (χ4v) is 2.47. The summed E-state index contributed by atoms with van der Waals surface area (Å²) in [5.41, 5.74) is 2.18. The standard InChI is InChI=1S/C21H23NO3/c1-4-13-25-20-8-6-7-17(14-20)15-22(5-2)21(24)19-11-9-18(10-12-19)16(3)23/h4,6-12,14H,1,5,13,15H2,2-3H3. The maximum atomic E-state index is 12.7. The Labute approximate surface area is 148 Å². The van der Waals surface area contributed by atoms with E-state index in [1.54, 1.807) is 35.2 Å². The average molecular weight is 337 g/mol. The molecule has 0 aliphatic heterocycles. The zero-order valence-electron chi connectivity index (χ0n) is 14.7. The van der Waals surface area contributed by atoms with Crippen molar-refractivity contribution in [3.8, 4) is 5.75 Å². The third kappa shape index (κ3) is 5.05. The van der Waals surface area contributed by atoms with Gasteiger partial charge in [0.2, 0.25) is 0 Å². The van der Waals surface area contributed by atoms with Crippen LogP contribution in [0.4, 0.5) is 0 Å². The number of hydrogen-bond acceptors (Lipinski definition) is 3. The highest BCUT2D eigenvalue weighted by Gasteiger charge is 2.15. The second kappa shape index (κ2) is 8.83. The Morgan fingerprint density at radius 3 is 2.40 bits per heavy atom. The smallest absolute Gasteiger partial charge is 0.254 e. The highest BCUT2D eigenvalue weighted by atomic mass is 16.5. The van der Waals surface area contributed by atoms with Gasteiger partial charge in [-0.05, 0) is 43.7 Å². The van der Waals surface area contributed by atoms with E-state index in [9.17, 15) is 9.59 Å². The Hall–Kier alpha value is -2.88. The number of carbonyl (C=O) groups is 2. The number of hydrogen-bond donors (Lipinski definition) is 0. The molecule has 0 spiro atoms. The van der Waals surface area contributed by atoms with Gasteiger partial charge in [0.15, 0.2) is 5.78 Å². The number of carbonyl (C=O) groups excluding carboxylic acids is 2. The molecule has 0 aromatic heterocycles. The maximum absolute atomic E-state index is 12.7. The molecule has 0 fully saturated rings. The molecule has 0 radical (unpaired) electrons. The lowest BCUT2D eigenvalue weighted by Crippen LogP contribution is -2.30. The number of benzene rings is 2. The minimum atomic E-state index is -0.0602. The van der Waals surface area contributed by atoms with Crippen LogP contribution in [0.2, 0.25) is 0 Å². The third-order valence-electron chi connectivity index (χ3n) is 3.85. The Kier molecular flexibility index (Phi) is 6.52. The second-order valence-electron chi connectivity index (χ2n) is 5.70. The minimum Gasteiger partial charge on any atom is -0.490 e. The van der Waals surface area contributed by atoms with E-state index in [4.69, 9.17) is 4.74 Å². The SMILES string of the molecule is C=CCOc1cccc(CN(CC)C(=O)c2ccc(C(C)=O)cc2)c1. The lowest BCUT2D eigenvalue weighted by molar-refractivity contribution is 0.0752. The van der Waals surface area contributed by atoms with E-state index in [-0.39, 0.29) is 11.7 Å². The molecule has 4 heteroatoms. The maximum Gasteiger partial charge on any atom is 0.254 e. The first kappa shape index (κ1) is 18.5. The summed E-state index contributed by atoms with van der Waals surface area (Å²) in [4.78, 5) is 25.8. The summed E-state index contributed by atoms with van der Waals surface area (Å²) in [6, 6.07) is 14.5. The molecule has 0 heterocycles. The number of nitrogens with zero attached hydrogens (tertiary/aromatic N) is 1. The quantitative estimate of drug-likeness (QED) is 0.538. The van der Waals surface area contributed by atoms with E-state index in [1.165, 1.54) is 6.92 Å². The van der Waals surface area contributed by atoms with Crippen LogP contribution in [0, 0.1) is 0 Å². The molecule has 2 aromatic rings. The van der Waals surface area contributed by atoms with Gasteiger partial charge in [-0.2, -0.15) is 0 Å². The Morgan fingerprint density at radius 2 is 1.80 bits per heavy atom. The van der Waals surface area contributed by atoms with E-state index in [0.717, 1.165) is 11.3 Å². The van der Waals surface area contributed by atoms with Gasteiger partial charge in [-0.15, -0.1) is 0 Å². The van der Waals surface area contributed by atoms with E-state index >= 15 is 0 Å². The largest absolute Gasteiger partial charge is 0.490 e. The Balaban J connectivity index is 2.12. The predicted octanol–water partition coefficient (Wildman–Crippen LogP) is 4.12. The summed E-state index contributed by atoms with van der Waals surface area (Å²) in [7, 11) is 0. The monoisotopic (exact) mass is 337 g/mol. The minimum absolute atomic E-state index is 0.0114. The van der Waals surface area contributed by atoms with Crippen molar-refractivity contribution in [3.63, 3.8) is 0 Å². The van der Waals surface area contributed by atoms with Crippen molar-refractivity contribution in [2.24, 2.45) is 0 Å². The van der Waals surface area contributed by atoms with Crippen LogP contribution in [0.3, 0.4) is 0 Å². The molecular formula is C21H23NO3. The van der Waals surface area contributed by atoms with Crippen LogP contribution in [-0.2, 0) is 6.54 Å². The van der Waals surface area contributed by atoms with E-state index in [1.807, 2.05) is 31.2 Å². The molecule has 0 bridgehead atoms. The molecule has 2 aromatic carbocycles. The fraction of sp³-hybridized carbons (Fsp3) is 0.238. The molecule has 2 rings (SSSR count). The van der Waals surface area contributed by atoms with Gasteiger partial charge in [-0.1, -0.05) is 36.9 Å². The molecule has 0 saturated heterocycles. The van der Waals surface area contributed by atoms with Crippen LogP contribution in [-0.4, -0.2) is 29.7 Å². The van der Waals surface area contributed by atoms with Gasteiger partial charge in [-0.3, -0.25) is 9.59 Å². The first-order valence-corrected chi connectivity index (χ1v) is 8.28. The Bertz CT molecular complexity index is 750. The fourth-order valence-electron chi connectivity index (χ4n) is 2.47. The van der Waals surface area contributed by atoms with Crippen molar-refractivity contribution < 1.29 is 14.3 Å². The lowest BCUT2D eigenvalue weighted by atomic mass is 10.1. The van der Waals surface area contributed by atoms with Crippen LogP contribution >= 0.6 is 0 Å². The van der Waals surface area contributed by atoms with Crippen molar-refractivity contribution in [1.29, 1.82) is 0 Å². The summed E-state index contributed by atoms with van der Waals surface area (Å²) >= 11 is 0. The summed E-state index contributed by atoms with van der Waals surface area (Å²) in [5.74, 6) is 0.685. The number of ether oxygens (including phenoxy) is 1. The van der Waals surface area contributed by atoms with Crippen LogP contribution in [0.25, 0.3) is 0 Å². The zero-order valence-corrected chi connectivity index (χ0v) is 14.7. The topological polar surface area (TPSA) is 46.6 Å². The van der Waals surface area contributed by atoms with Gasteiger partial charge in [-0.25, -0.2) is 0 Å². The highest BCUT2D eigenvalue weighted by molar-refractivity contribution is 5.97. The lowest BCUT2D eigenvalue weighted by Gasteiger charge is -2.21. The van der Waals surface area contributed by atoms with Gasteiger partial charge in [0.05, 0.1) is 0 Å². The molecule has 0 unspecified atom stereocenters. The zero-order chi connectivity index (χ0) is 18.2. The van der Waals surface area contributed by atoms with Crippen LogP contribution in [0.1, 0.15) is 40.1 Å². The predicted molar refractivity (Wildman–Crippen MR) is 99.0 cm³/mol. The summed E-state index contributed by atoms with van der Waals surface area (Å²) < 4.78 is 5.54. The van der Waals surface area contributed by atoms with Crippen molar-refractivity contribution in [3.05, 3.63) is 77.9 Å². The average Bonchev–Trinajstić information content (AvgIpc) is 2.64. The van der Waals surface area contributed by atoms with Gasteiger partial charge in [0.25, 0.3) is 5.91 Å². The molecule has 0 atom stereocenters. The van der Waals surface area contributed by atoms with Crippen molar-refractivity contribution in [2.45, 2.75) is 20.4 Å². The van der Waals surface area contributed by atoms with Gasteiger partial charge in [0, 0.05) is 24.2 Å². The van der Waals surface area contributed by atoms with Crippen LogP contribution in [0.15, 0.2) is 61.2 Å². The molecule has 0 saturated carbocycles. The number of Topliss-reactive ketones (excluding diaryl/α,β-unsaturated/α-hetero) is 1. The van der Waals surface area contributed by atoms with Crippen molar-refractivity contribution in [1.82, 2.24) is 4.90 Å². The molecule has 130 valence electrons. The first-order valence-electron chi connectivity index (χ1n) is 8.28. The van der Waals surface area contributed by atoms with Gasteiger partial charge >= 0.3 is 0 Å². The number of ketones is 1. The summed E-state index contributed by atoms with van der Waals surface area (Å²) in [5, 5.41) is 0. The normalized spacial score (nSPS) is 10.2. The number of rotatable bonds is 8. The molecule has 25 heavy (non-hydrogen) atoms. The summed E-state index contributed by atoms with van der Waals surface area (Å²) in [6.07, 6.45) is 1.69. The number of amides is 1. The van der Waals surface area contributed by atoms with Crippen molar-refractivity contribution in [2.75, 3.05) is 13.2 Å². The summed E-state index contributed by atoms with van der Waals surface area (Å²) in [6.45, 7) is 8.62. The highest BCUT2D eigenvalue weighted by Crippen LogP contribution is 2.17. The van der Waals surface area contributed by atoms with Gasteiger partial charge < -0.3 is 9.64 Å².